The van der Waals surface area contributed by atoms with Crippen LogP contribution < -0.4 is 5.32 Å². The Kier molecular flexibility index (Phi) is 4.13. The summed E-state index contributed by atoms with van der Waals surface area (Å²) in [4.78, 5) is 18.9. The number of amides is 1. The van der Waals surface area contributed by atoms with E-state index in [1.54, 1.807) is 7.11 Å². The Hall–Kier alpha value is -1.92. The third-order valence-corrected chi connectivity index (χ3v) is 4.32. The second-order valence-electron chi connectivity index (χ2n) is 5.92. The maximum atomic E-state index is 12.3. The number of methoxy groups -OCH3 is 1. The lowest BCUT2D eigenvalue weighted by atomic mass is 10.2. The lowest BCUT2D eigenvalue weighted by molar-refractivity contribution is -0.125. The van der Waals surface area contributed by atoms with Crippen LogP contribution in [-0.4, -0.2) is 53.0 Å². The van der Waals surface area contributed by atoms with Crippen LogP contribution in [0.5, 0.6) is 0 Å². The SMILES string of the molecule is CO[C@H]1C[C@@H](C(=O)NCc2cn3cccc(C)c3n2)N(C)C1. The van der Waals surface area contributed by atoms with Gasteiger partial charge in [-0.1, -0.05) is 6.07 Å². The molecule has 1 saturated heterocycles. The maximum Gasteiger partial charge on any atom is 0.237 e. The predicted molar refractivity (Wildman–Crippen MR) is 83.6 cm³/mol. The van der Waals surface area contributed by atoms with E-state index in [1.807, 2.05) is 47.8 Å². The monoisotopic (exact) mass is 302 g/mol. The first-order valence-electron chi connectivity index (χ1n) is 7.52. The summed E-state index contributed by atoms with van der Waals surface area (Å²) >= 11 is 0. The Morgan fingerprint density at radius 3 is 3.05 bits per heavy atom. The summed E-state index contributed by atoms with van der Waals surface area (Å²) in [6, 6.07) is 3.90. The Morgan fingerprint density at radius 2 is 2.36 bits per heavy atom. The minimum atomic E-state index is -0.122. The fraction of sp³-hybridized carbons (Fsp3) is 0.500. The van der Waals surface area contributed by atoms with Crippen LogP contribution >= 0.6 is 0 Å². The summed E-state index contributed by atoms with van der Waals surface area (Å²) < 4.78 is 7.33. The zero-order chi connectivity index (χ0) is 15.7. The highest BCUT2D eigenvalue weighted by atomic mass is 16.5. The quantitative estimate of drug-likeness (QED) is 0.914. The highest BCUT2D eigenvalue weighted by Gasteiger charge is 2.34. The second kappa shape index (κ2) is 6.06. The van der Waals surface area contributed by atoms with E-state index < -0.39 is 0 Å². The first kappa shape index (κ1) is 15.0. The zero-order valence-electron chi connectivity index (χ0n) is 13.2. The summed E-state index contributed by atoms with van der Waals surface area (Å²) in [5.74, 6) is 0.0378. The van der Waals surface area contributed by atoms with Crippen LogP contribution in [0.1, 0.15) is 17.7 Å². The van der Waals surface area contributed by atoms with E-state index in [9.17, 15) is 4.79 Å². The van der Waals surface area contributed by atoms with Crippen LogP contribution in [0, 0.1) is 6.92 Å². The number of rotatable bonds is 4. The molecular formula is C16H22N4O2. The summed E-state index contributed by atoms with van der Waals surface area (Å²) in [6.45, 7) is 3.27. The molecule has 0 radical (unpaired) electrons. The summed E-state index contributed by atoms with van der Waals surface area (Å²) in [5.41, 5.74) is 2.93. The highest BCUT2D eigenvalue weighted by molar-refractivity contribution is 5.82. The molecule has 0 aliphatic carbocycles. The number of ether oxygens (including phenoxy) is 1. The van der Waals surface area contributed by atoms with E-state index in [-0.39, 0.29) is 18.1 Å². The number of imidazole rings is 1. The van der Waals surface area contributed by atoms with Crippen LogP contribution in [0.3, 0.4) is 0 Å². The van der Waals surface area contributed by atoms with Gasteiger partial charge in [-0.2, -0.15) is 0 Å². The molecular weight excluding hydrogens is 280 g/mol. The maximum absolute atomic E-state index is 12.3. The molecule has 0 aromatic carbocycles. The van der Waals surface area contributed by atoms with Gasteiger partial charge in [0.1, 0.15) is 5.65 Å². The normalized spacial score (nSPS) is 22.3. The van der Waals surface area contributed by atoms with Gasteiger partial charge in [0, 0.05) is 26.0 Å². The summed E-state index contributed by atoms with van der Waals surface area (Å²) in [5, 5.41) is 2.98. The number of aryl methyl sites for hydroxylation is 1. The number of likely N-dealkylation sites (tertiary alicyclic amines) is 1. The van der Waals surface area contributed by atoms with Crippen molar-refractivity contribution in [1.29, 1.82) is 0 Å². The van der Waals surface area contributed by atoms with Crippen molar-refractivity contribution in [3.05, 3.63) is 35.8 Å². The van der Waals surface area contributed by atoms with Gasteiger partial charge in [-0.25, -0.2) is 4.98 Å². The van der Waals surface area contributed by atoms with Crippen molar-refractivity contribution in [2.75, 3.05) is 20.7 Å². The van der Waals surface area contributed by atoms with Gasteiger partial charge in [0.25, 0.3) is 0 Å². The van der Waals surface area contributed by atoms with Crippen molar-refractivity contribution in [3.8, 4) is 0 Å². The molecule has 1 N–H and O–H groups in total. The minimum Gasteiger partial charge on any atom is -0.380 e. The second-order valence-corrected chi connectivity index (χ2v) is 5.92. The number of nitrogens with one attached hydrogen (secondary N) is 1. The Balaban J connectivity index is 1.64. The number of likely N-dealkylation sites (N-methyl/N-ethyl adjacent to an activating group) is 1. The van der Waals surface area contributed by atoms with Gasteiger partial charge < -0.3 is 14.5 Å². The van der Waals surface area contributed by atoms with Crippen molar-refractivity contribution >= 4 is 11.6 Å². The third-order valence-electron chi connectivity index (χ3n) is 4.32. The molecule has 1 aliphatic rings. The van der Waals surface area contributed by atoms with E-state index in [0.717, 1.165) is 29.9 Å². The number of aromatic nitrogens is 2. The molecule has 1 aliphatic heterocycles. The summed E-state index contributed by atoms with van der Waals surface area (Å²) in [6.07, 6.45) is 4.80. The molecule has 2 aromatic heterocycles. The topological polar surface area (TPSA) is 58.9 Å². The molecule has 6 heteroatoms. The molecule has 2 aromatic rings. The van der Waals surface area contributed by atoms with E-state index in [4.69, 9.17) is 4.74 Å². The van der Waals surface area contributed by atoms with E-state index in [1.165, 1.54) is 0 Å². The van der Waals surface area contributed by atoms with Crippen molar-refractivity contribution in [3.63, 3.8) is 0 Å². The largest absolute Gasteiger partial charge is 0.380 e. The molecule has 0 saturated carbocycles. The van der Waals surface area contributed by atoms with Gasteiger partial charge in [0.05, 0.1) is 24.4 Å². The molecule has 1 amide bonds. The van der Waals surface area contributed by atoms with E-state index >= 15 is 0 Å². The van der Waals surface area contributed by atoms with Gasteiger partial charge in [-0.3, -0.25) is 9.69 Å². The number of carbonyl (C=O) groups excluding carboxylic acids is 1. The molecule has 1 fully saturated rings. The summed E-state index contributed by atoms with van der Waals surface area (Å²) in [7, 11) is 3.65. The van der Waals surface area contributed by atoms with Crippen molar-refractivity contribution in [1.82, 2.24) is 19.6 Å². The van der Waals surface area contributed by atoms with Crippen molar-refractivity contribution in [2.45, 2.75) is 32.0 Å². The first-order valence-corrected chi connectivity index (χ1v) is 7.52. The molecule has 22 heavy (non-hydrogen) atoms. The average Bonchev–Trinajstić information content (AvgIpc) is 3.09. The van der Waals surface area contributed by atoms with Crippen molar-refractivity contribution < 1.29 is 9.53 Å². The van der Waals surface area contributed by atoms with Gasteiger partial charge in [-0.05, 0) is 32.0 Å². The Labute approximate surface area is 130 Å². The van der Waals surface area contributed by atoms with Gasteiger partial charge in [-0.15, -0.1) is 0 Å². The highest BCUT2D eigenvalue weighted by Crippen LogP contribution is 2.18. The van der Waals surface area contributed by atoms with Crippen LogP contribution in [0.25, 0.3) is 5.65 Å². The van der Waals surface area contributed by atoms with Gasteiger partial charge in [0.15, 0.2) is 0 Å². The average molecular weight is 302 g/mol. The molecule has 0 unspecified atom stereocenters. The van der Waals surface area contributed by atoms with Gasteiger partial charge in [0.2, 0.25) is 5.91 Å². The Bertz CT molecular complexity index is 682. The van der Waals surface area contributed by atoms with E-state index in [2.05, 4.69) is 10.3 Å². The van der Waals surface area contributed by atoms with E-state index in [0.29, 0.717) is 6.54 Å². The molecule has 0 bridgehead atoms. The standard InChI is InChI=1S/C16H22N4O2/c1-11-5-4-6-20-9-12(18-15(11)20)8-17-16(21)14-7-13(22-3)10-19(14)2/h4-6,9,13-14H,7-8,10H2,1-3H3,(H,17,21)/t13-,14-/m0/s1. The molecule has 118 valence electrons. The van der Waals surface area contributed by atoms with Crippen LogP contribution in [0.2, 0.25) is 0 Å². The number of pyridine rings is 1. The lowest BCUT2D eigenvalue weighted by Crippen LogP contribution is -2.41. The third kappa shape index (κ3) is 2.84. The fourth-order valence-electron chi connectivity index (χ4n) is 3.01. The van der Waals surface area contributed by atoms with Crippen LogP contribution in [-0.2, 0) is 16.1 Å². The molecule has 6 nitrogen and oxygen atoms in total. The Morgan fingerprint density at radius 1 is 1.55 bits per heavy atom. The van der Waals surface area contributed by atoms with Gasteiger partial charge >= 0.3 is 0 Å². The van der Waals surface area contributed by atoms with Crippen LogP contribution in [0.4, 0.5) is 0 Å². The predicted octanol–water partition coefficient (Wildman–Crippen LogP) is 0.978. The number of hydrogen-bond donors (Lipinski definition) is 1. The first-order chi connectivity index (χ1) is 10.6. The molecule has 2 atom stereocenters. The zero-order valence-corrected chi connectivity index (χ0v) is 13.2. The number of fused-ring (bicyclic) bond motifs is 1. The molecule has 3 rings (SSSR count). The van der Waals surface area contributed by atoms with Crippen molar-refractivity contribution in [2.24, 2.45) is 0 Å². The molecule has 0 spiro atoms. The van der Waals surface area contributed by atoms with Crippen LogP contribution in [0.15, 0.2) is 24.5 Å². The minimum absolute atomic E-state index is 0.0378. The smallest absolute Gasteiger partial charge is 0.237 e. The number of carbonyl (C=O) groups is 1. The number of nitrogens with zero attached hydrogens (tertiary/aromatic N) is 3. The lowest BCUT2D eigenvalue weighted by Gasteiger charge is -2.17. The fourth-order valence-corrected chi connectivity index (χ4v) is 3.01. The molecule has 3 heterocycles. The number of hydrogen-bond acceptors (Lipinski definition) is 4.